The van der Waals surface area contributed by atoms with E-state index in [1.54, 1.807) is 6.92 Å². The van der Waals surface area contributed by atoms with Gasteiger partial charge in [0.25, 0.3) is 5.91 Å². The van der Waals surface area contributed by atoms with Gasteiger partial charge in [-0.1, -0.05) is 13.8 Å². The van der Waals surface area contributed by atoms with E-state index in [0.29, 0.717) is 18.5 Å². The van der Waals surface area contributed by atoms with Crippen LogP contribution in [-0.2, 0) is 0 Å². The van der Waals surface area contributed by atoms with Gasteiger partial charge < -0.3 is 15.0 Å². The number of carbonyl (C=O) groups excluding carboxylic acids is 1. The van der Waals surface area contributed by atoms with Crippen molar-refractivity contribution in [3.8, 4) is 5.69 Å². The second-order valence-electron chi connectivity index (χ2n) is 6.54. The van der Waals surface area contributed by atoms with Crippen molar-refractivity contribution in [2.45, 2.75) is 33.3 Å². The highest BCUT2D eigenvalue weighted by Gasteiger charge is 2.21. The second kappa shape index (κ2) is 6.79. The lowest BCUT2D eigenvalue weighted by Gasteiger charge is -2.26. The lowest BCUT2D eigenvalue weighted by Crippen LogP contribution is -2.35. The van der Waals surface area contributed by atoms with Gasteiger partial charge in [0.1, 0.15) is 0 Å². The van der Waals surface area contributed by atoms with E-state index < -0.39 is 0 Å². The van der Waals surface area contributed by atoms with E-state index in [1.165, 1.54) is 0 Å². The molecular weight excluding hydrogens is 276 g/mol. The summed E-state index contributed by atoms with van der Waals surface area (Å²) in [7, 11) is 0. The van der Waals surface area contributed by atoms with Crippen molar-refractivity contribution >= 4 is 5.91 Å². The molecule has 1 aromatic heterocycles. The molecule has 4 heteroatoms. The Morgan fingerprint density at radius 2 is 1.82 bits per heavy atom. The molecule has 2 aromatic rings. The standard InChI is InChI=1S/C18H24N2O2/c1-14(21)12-18(2,3)13-19-17(22)15-6-8-16(9-7-15)20-10-4-5-11-20/h4-11,14,21H,12-13H2,1-3H3,(H,19,22). The summed E-state index contributed by atoms with van der Waals surface area (Å²) in [5, 5.41) is 12.4. The van der Waals surface area contributed by atoms with E-state index >= 15 is 0 Å². The van der Waals surface area contributed by atoms with Gasteiger partial charge >= 0.3 is 0 Å². The predicted molar refractivity (Wildman–Crippen MR) is 88.2 cm³/mol. The Morgan fingerprint density at radius 3 is 2.36 bits per heavy atom. The first-order valence-electron chi connectivity index (χ1n) is 7.57. The first kappa shape index (κ1) is 16.3. The molecule has 4 nitrogen and oxygen atoms in total. The highest BCUT2D eigenvalue weighted by molar-refractivity contribution is 5.94. The maximum atomic E-state index is 12.2. The summed E-state index contributed by atoms with van der Waals surface area (Å²) < 4.78 is 1.99. The lowest BCUT2D eigenvalue weighted by molar-refractivity contribution is 0.0902. The zero-order chi connectivity index (χ0) is 16.2. The molecule has 1 aromatic carbocycles. The second-order valence-corrected chi connectivity index (χ2v) is 6.54. The van der Waals surface area contributed by atoms with Crippen LogP contribution in [0.4, 0.5) is 0 Å². The number of hydrogen-bond acceptors (Lipinski definition) is 2. The Morgan fingerprint density at radius 1 is 1.23 bits per heavy atom. The minimum atomic E-state index is -0.368. The largest absolute Gasteiger partial charge is 0.393 e. The third kappa shape index (κ3) is 4.46. The molecule has 1 atom stereocenters. The number of aliphatic hydroxyl groups excluding tert-OH is 1. The van der Waals surface area contributed by atoms with Crippen molar-refractivity contribution in [1.29, 1.82) is 0 Å². The van der Waals surface area contributed by atoms with E-state index in [-0.39, 0.29) is 17.4 Å². The van der Waals surface area contributed by atoms with Crippen LogP contribution in [-0.4, -0.2) is 28.2 Å². The van der Waals surface area contributed by atoms with Crippen LogP contribution in [0.15, 0.2) is 48.8 Å². The molecule has 1 unspecified atom stereocenters. The molecule has 22 heavy (non-hydrogen) atoms. The van der Waals surface area contributed by atoms with E-state index in [4.69, 9.17) is 0 Å². The fraction of sp³-hybridized carbons (Fsp3) is 0.389. The van der Waals surface area contributed by atoms with E-state index in [9.17, 15) is 9.90 Å². The van der Waals surface area contributed by atoms with Gasteiger partial charge in [-0.25, -0.2) is 0 Å². The van der Waals surface area contributed by atoms with Gasteiger partial charge in [-0.2, -0.15) is 0 Å². The molecule has 0 fully saturated rings. The molecule has 0 saturated carbocycles. The number of hydrogen-bond donors (Lipinski definition) is 2. The minimum Gasteiger partial charge on any atom is -0.393 e. The fourth-order valence-corrected chi connectivity index (χ4v) is 2.59. The average molecular weight is 300 g/mol. The Kier molecular flexibility index (Phi) is 5.03. The molecule has 0 bridgehead atoms. The molecule has 0 radical (unpaired) electrons. The number of aromatic nitrogens is 1. The van der Waals surface area contributed by atoms with Crippen LogP contribution in [0.3, 0.4) is 0 Å². The first-order valence-corrected chi connectivity index (χ1v) is 7.57. The Labute approximate surface area is 131 Å². The molecule has 0 aliphatic rings. The molecular formula is C18H24N2O2. The summed E-state index contributed by atoms with van der Waals surface area (Å²) >= 11 is 0. The molecule has 0 saturated heterocycles. The van der Waals surface area contributed by atoms with Crippen molar-refractivity contribution in [3.63, 3.8) is 0 Å². The van der Waals surface area contributed by atoms with Gasteiger partial charge in [-0.05, 0) is 55.2 Å². The SMILES string of the molecule is CC(O)CC(C)(C)CNC(=O)c1ccc(-n2cccc2)cc1. The van der Waals surface area contributed by atoms with Gasteiger partial charge in [0, 0.05) is 30.2 Å². The number of carbonyl (C=O) groups is 1. The monoisotopic (exact) mass is 300 g/mol. The number of amides is 1. The van der Waals surface area contributed by atoms with Crippen molar-refractivity contribution in [2.75, 3.05) is 6.54 Å². The lowest BCUT2D eigenvalue weighted by atomic mass is 9.87. The van der Waals surface area contributed by atoms with Crippen LogP contribution in [0.2, 0.25) is 0 Å². The number of benzene rings is 1. The average Bonchev–Trinajstić information content (AvgIpc) is 2.98. The zero-order valence-electron chi connectivity index (χ0n) is 13.4. The Balaban J connectivity index is 1.96. The topological polar surface area (TPSA) is 54.3 Å². The van der Waals surface area contributed by atoms with Crippen molar-refractivity contribution in [1.82, 2.24) is 9.88 Å². The van der Waals surface area contributed by atoms with Gasteiger partial charge in [0.05, 0.1) is 6.10 Å². The summed E-state index contributed by atoms with van der Waals surface area (Å²) in [6.45, 7) is 6.38. The molecule has 2 N–H and O–H groups in total. The minimum absolute atomic E-state index is 0.0854. The summed E-state index contributed by atoms with van der Waals surface area (Å²) in [4.78, 5) is 12.2. The highest BCUT2D eigenvalue weighted by atomic mass is 16.3. The van der Waals surface area contributed by atoms with Crippen molar-refractivity contribution < 1.29 is 9.90 Å². The Hall–Kier alpha value is -2.07. The van der Waals surface area contributed by atoms with Gasteiger partial charge in [-0.3, -0.25) is 4.79 Å². The molecule has 1 amide bonds. The molecule has 0 aliphatic heterocycles. The summed E-state index contributed by atoms with van der Waals surface area (Å²) in [6, 6.07) is 11.4. The smallest absolute Gasteiger partial charge is 0.251 e. The van der Waals surface area contributed by atoms with Crippen LogP contribution in [0.25, 0.3) is 5.69 Å². The molecule has 1 heterocycles. The van der Waals surface area contributed by atoms with Crippen LogP contribution in [0, 0.1) is 5.41 Å². The number of nitrogens with zero attached hydrogens (tertiary/aromatic N) is 1. The molecule has 2 rings (SSSR count). The summed E-state index contributed by atoms with van der Waals surface area (Å²) in [5.74, 6) is -0.0854. The molecule has 0 spiro atoms. The summed E-state index contributed by atoms with van der Waals surface area (Å²) in [5.41, 5.74) is 1.54. The van der Waals surface area contributed by atoms with E-state index in [1.807, 2.05) is 67.2 Å². The van der Waals surface area contributed by atoms with Gasteiger partial charge in [-0.15, -0.1) is 0 Å². The third-order valence-corrected chi connectivity index (χ3v) is 3.61. The third-order valence-electron chi connectivity index (χ3n) is 3.61. The highest BCUT2D eigenvalue weighted by Crippen LogP contribution is 2.21. The molecule has 118 valence electrons. The number of nitrogens with one attached hydrogen (secondary N) is 1. The number of aliphatic hydroxyl groups is 1. The van der Waals surface area contributed by atoms with Gasteiger partial charge in [0.2, 0.25) is 0 Å². The van der Waals surface area contributed by atoms with Crippen LogP contribution in [0.1, 0.15) is 37.6 Å². The van der Waals surface area contributed by atoms with E-state index in [2.05, 4.69) is 5.32 Å². The van der Waals surface area contributed by atoms with Crippen LogP contribution in [0.5, 0.6) is 0 Å². The normalized spacial score (nSPS) is 12.9. The zero-order valence-corrected chi connectivity index (χ0v) is 13.4. The maximum Gasteiger partial charge on any atom is 0.251 e. The van der Waals surface area contributed by atoms with Crippen molar-refractivity contribution in [3.05, 3.63) is 54.4 Å². The van der Waals surface area contributed by atoms with Crippen molar-refractivity contribution in [2.24, 2.45) is 5.41 Å². The van der Waals surface area contributed by atoms with Crippen LogP contribution < -0.4 is 5.32 Å². The van der Waals surface area contributed by atoms with E-state index in [0.717, 1.165) is 5.69 Å². The maximum absolute atomic E-state index is 12.2. The van der Waals surface area contributed by atoms with Crippen LogP contribution >= 0.6 is 0 Å². The number of rotatable bonds is 6. The molecule has 0 aliphatic carbocycles. The van der Waals surface area contributed by atoms with Gasteiger partial charge in [0.15, 0.2) is 0 Å². The Bertz CT molecular complexity index is 599. The first-order chi connectivity index (χ1) is 10.4. The fourth-order valence-electron chi connectivity index (χ4n) is 2.59. The quantitative estimate of drug-likeness (QED) is 0.861. The predicted octanol–water partition coefficient (Wildman–Crippen LogP) is 3.00. The summed E-state index contributed by atoms with van der Waals surface area (Å²) in [6.07, 6.45) is 4.22.